The van der Waals surface area contributed by atoms with Crippen molar-refractivity contribution in [2.75, 3.05) is 14.7 Å². The lowest BCUT2D eigenvalue weighted by Gasteiger charge is -2.44. The number of fused-ring (bicyclic) bond motifs is 11. The summed E-state index contributed by atoms with van der Waals surface area (Å²) in [5.74, 6) is 0. The van der Waals surface area contributed by atoms with Crippen molar-refractivity contribution in [2.24, 2.45) is 0 Å². The lowest BCUT2D eigenvalue weighted by molar-refractivity contribution is 0.590. The average Bonchev–Trinajstić information content (AvgIpc) is 4.10. The van der Waals surface area contributed by atoms with E-state index in [4.69, 9.17) is 8.83 Å². The Balaban J connectivity index is 1.06. The highest BCUT2D eigenvalue weighted by Gasteiger charge is 2.45. The quantitative estimate of drug-likeness (QED) is 0.155. The van der Waals surface area contributed by atoms with Crippen LogP contribution in [0.1, 0.15) is 52.7 Å². The minimum absolute atomic E-state index is 0.0134. The second-order valence-corrected chi connectivity index (χ2v) is 22.1. The highest BCUT2D eigenvalue weighted by atomic mass is 16.3. The minimum atomic E-state index is -0.145. The Morgan fingerprint density at radius 1 is 0.392 bits per heavy atom. The van der Waals surface area contributed by atoms with E-state index in [1.807, 2.05) is 6.07 Å². The fraction of sp³-hybridized carbons (Fsp3) is 0.118. The Labute approximate surface area is 432 Å². The first-order chi connectivity index (χ1) is 36.0. The van der Waals surface area contributed by atoms with Gasteiger partial charge in [-0.25, -0.2) is 0 Å². The van der Waals surface area contributed by atoms with E-state index < -0.39 is 0 Å². The molecule has 0 radical (unpaired) electrons. The summed E-state index contributed by atoms with van der Waals surface area (Å²) in [5.41, 5.74) is 21.9. The number of nitrogens with zero attached hydrogens (tertiary/aromatic N) is 3. The molecule has 2 aliphatic heterocycles. The van der Waals surface area contributed by atoms with Gasteiger partial charge in [-0.1, -0.05) is 169 Å². The highest BCUT2D eigenvalue weighted by molar-refractivity contribution is 7.01. The maximum Gasteiger partial charge on any atom is 0.253 e. The van der Waals surface area contributed by atoms with Gasteiger partial charge in [-0.15, -0.1) is 0 Å². The van der Waals surface area contributed by atoms with Crippen LogP contribution >= 0.6 is 0 Å². The molecule has 0 spiro atoms. The molecule has 0 atom stereocenters. The molecule has 4 heterocycles. The standard InChI is InChI=1S/C68H54BN3O2/c1-67(2,3)45-29-33-47(34-30-45)71-55-24-16-25-56-64(55)69(65-57(71)39-40-62-63(65)53-22-11-13-28-61(53)73-62)54-38-37-50(42-59(54)72(56)48-35-31-46(32-36-48)68(4,5)6)70(49-20-14-19-44(41-49)43-17-8-7-9-18-43)58-26-15-23-52-51-21-10-12-27-60(51)74-66(52)58/h7-42H,1-6H3. The van der Waals surface area contributed by atoms with E-state index in [0.717, 1.165) is 106 Å². The van der Waals surface area contributed by atoms with Gasteiger partial charge in [0.05, 0.1) is 5.69 Å². The maximum atomic E-state index is 6.88. The molecular formula is C68H54BN3O2. The van der Waals surface area contributed by atoms with Crippen molar-refractivity contribution in [3.8, 4) is 11.1 Å². The molecule has 2 aliphatic rings. The summed E-state index contributed by atoms with van der Waals surface area (Å²) in [4.78, 5) is 7.40. The molecular weight excluding hydrogens is 902 g/mol. The van der Waals surface area contributed by atoms with E-state index >= 15 is 0 Å². The zero-order chi connectivity index (χ0) is 50.0. The molecule has 2 aromatic heterocycles. The fourth-order valence-corrected chi connectivity index (χ4v) is 11.9. The predicted molar refractivity (Wildman–Crippen MR) is 313 cm³/mol. The van der Waals surface area contributed by atoms with Crippen molar-refractivity contribution in [1.29, 1.82) is 0 Å². The van der Waals surface area contributed by atoms with Gasteiger partial charge >= 0.3 is 0 Å². The van der Waals surface area contributed by atoms with Gasteiger partial charge < -0.3 is 23.5 Å². The third-order valence-corrected chi connectivity index (χ3v) is 15.6. The summed E-state index contributed by atoms with van der Waals surface area (Å²) < 4.78 is 13.6. The van der Waals surface area contributed by atoms with Crippen molar-refractivity contribution in [3.63, 3.8) is 0 Å². The maximum absolute atomic E-state index is 6.88. The highest BCUT2D eigenvalue weighted by Crippen LogP contribution is 2.49. The van der Waals surface area contributed by atoms with Gasteiger partial charge in [0.25, 0.3) is 6.71 Å². The Morgan fingerprint density at radius 2 is 0.946 bits per heavy atom. The van der Waals surface area contributed by atoms with Gasteiger partial charge in [0.1, 0.15) is 16.7 Å². The van der Waals surface area contributed by atoms with Gasteiger partial charge in [0.15, 0.2) is 5.58 Å². The molecule has 0 unspecified atom stereocenters. The summed E-state index contributed by atoms with van der Waals surface area (Å²) >= 11 is 0. The summed E-state index contributed by atoms with van der Waals surface area (Å²) in [7, 11) is 0. The SMILES string of the molecule is CC(C)(C)c1ccc(N2c3cc(N(c4cccc(-c5ccccc5)c4)c4cccc5c4oc4ccccc45)ccc3B3c4c2cccc4N(c2ccc(C(C)(C)C)cc2)c2ccc4oc5ccccc5c4c23)cc1. The Kier molecular flexibility index (Phi) is 9.75. The second kappa shape index (κ2) is 16.4. The normalized spacial score (nSPS) is 13.2. The van der Waals surface area contributed by atoms with Gasteiger partial charge in [0.2, 0.25) is 0 Å². The molecule has 10 aromatic carbocycles. The molecule has 12 aromatic rings. The molecule has 0 saturated heterocycles. The molecule has 74 heavy (non-hydrogen) atoms. The minimum Gasteiger partial charge on any atom is -0.456 e. The molecule has 0 N–H and O–H groups in total. The number of furan rings is 2. The molecule has 0 aliphatic carbocycles. The smallest absolute Gasteiger partial charge is 0.253 e. The zero-order valence-corrected chi connectivity index (χ0v) is 42.5. The fourth-order valence-electron chi connectivity index (χ4n) is 11.9. The third kappa shape index (κ3) is 6.85. The number of para-hydroxylation sites is 3. The molecule has 14 rings (SSSR count). The number of anilines is 9. The number of rotatable bonds is 6. The van der Waals surface area contributed by atoms with Gasteiger partial charge in [-0.2, -0.15) is 0 Å². The van der Waals surface area contributed by atoms with Crippen LogP contribution in [0.2, 0.25) is 0 Å². The number of hydrogen-bond donors (Lipinski definition) is 0. The van der Waals surface area contributed by atoms with Gasteiger partial charge in [-0.05, 0) is 140 Å². The second-order valence-electron chi connectivity index (χ2n) is 22.1. The van der Waals surface area contributed by atoms with E-state index in [-0.39, 0.29) is 17.5 Å². The van der Waals surface area contributed by atoms with Crippen LogP contribution in [0.3, 0.4) is 0 Å². The summed E-state index contributed by atoms with van der Waals surface area (Å²) in [6, 6.07) is 79.9. The van der Waals surface area contributed by atoms with Crippen LogP contribution < -0.4 is 31.1 Å². The van der Waals surface area contributed by atoms with E-state index in [9.17, 15) is 0 Å². The summed E-state index contributed by atoms with van der Waals surface area (Å²) in [6.45, 7) is 13.6. The first-order valence-corrected chi connectivity index (χ1v) is 25.9. The Hall–Kier alpha value is -8.74. The van der Waals surface area contributed by atoms with Crippen LogP contribution in [0.15, 0.2) is 227 Å². The summed E-state index contributed by atoms with van der Waals surface area (Å²) in [5, 5.41) is 4.44. The van der Waals surface area contributed by atoms with Crippen molar-refractivity contribution in [2.45, 2.75) is 52.4 Å². The molecule has 5 nitrogen and oxygen atoms in total. The Bertz CT molecular complexity index is 4180. The van der Waals surface area contributed by atoms with Crippen molar-refractivity contribution in [1.82, 2.24) is 0 Å². The predicted octanol–water partition coefficient (Wildman–Crippen LogP) is 17.3. The van der Waals surface area contributed by atoms with Crippen LogP contribution in [-0.4, -0.2) is 6.71 Å². The molecule has 0 fully saturated rings. The first kappa shape index (κ1) is 44.0. The lowest BCUT2D eigenvalue weighted by atomic mass is 9.33. The largest absolute Gasteiger partial charge is 0.456 e. The van der Waals surface area contributed by atoms with Crippen molar-refractivity contribution >= 4 is 118 Å². The molecule has 0 bridgehead atoms. The molecule has 6 heteroatoms. The van der Waals surface area contributed by atoms with Crippen molar-refractivity contribution in [3.05, 3.63) is 230 Å². The van der Waals surface area contributed by atoms with Crippen LogP contribution in [-0.2, 0) is 10.8 Å². The van der Waals surface area contributed by atoms with Crippen molar-refractivity contribution < 1.29 is 8.83 Å². The number of hydrogen-bond acceptors (Lipinski definition) is 5. The summed E-state index contributed by atoms with van der Waals surface area (Å²) in [6.07, 6.45) is 0. The van der Waals surface area contributed by atoms with E-state index in [1.54, 1.807) is 0 Å². The van der Waals surface area contributed by atoms with Gasteiger partial charge in [0, 0.05) is 67.0 Å². The van der Waals surface area contributed by atoms with Gasteiger partial charge in [-0.3, -0.25) is 0 Å². The van der Waals surface area contributed by atoms with Crippen LogP contribution in [0.5, 0.6) is 0 Å². The topological polar surface area (TPSA) is 36.0 Å². The first-order valence-electron chi connectivity index (χ1n) is 25.9. The van der Waals surface area contributed by atoms with E-state index in [2.05, 4.69) is 269 Å². The van der Waals surface area contributed by atoms with E-state index in [0.29, 0.717) is 0 Å². The van der Waals surface area contributed by atoms with E-state index in [1.165, 1.54) is 27.5 Å². The monoisotopic (exact) mass is 955 g/mol. The zero-order valence-electron chi connectivity index (χ0n) is 42.5. The van der Waals surface area contributed by atoms with Crippen LogP contribution in [0.25, 0.3) is 55.0 Å². The van der Waals surface area contributed by atoms with Crippen LogP contribution in [0.4, 0.5) is 51.2 Å². The molecule has 0 amide bonds. The molecule has 356 valence electrons. The van der Waals surface area contributed by atoms with Crippen LogP contribution in [0, 0.1) is 0 Å². The lowest BCUT2D eigenvalue weighted by Crippen LogP contribution is -2.61. The molecule has 0 saturated carbocycles. The Morgan fingerprint density at radius 3 is 1.64 bits per heavy atom. The third-order valence-electron chi connectivity index (χ3n) is 15.6. The average molecular weight is 956 g/mol. The number of benzene rings is 10.